The number of benzene rings is 2. The Kier molecular flexibility index (Phi) is 3.00. The van der Waals surface area contributed by atoms with E-state index < -0.39 is 0 Å². The molecule has 1 aliphatic carbocycles. The molecule has 1 aliphatic rings. The number of carbonyl (C=O) groups is 1. The van der Waals surface area contributed by atoms with Crippen LogP contribution >= 0.6 is 0 Å². The summed E-state index contributed by atoms with van der Waals surface area (Å²) in [5.41, 5.74) is 3.71. The highest BCUT2D eigenvalue weighted by Crippen LogP contribution is 2.36. The lowest BCUT2D eigenvalue weighted by Crippen LogP contribution is -2.37. The first kappa shape index (κ1) is 12.4. The van der Waals surface area contributed by atoms with E-state index in [1.807, 2.05) is 24.3 Å². The number of carbonyl (C=O) groups excluding carboxylic acids is 1. The predicted octanol–water partition coefficient (Wildman–Crippen LogP) is 2.86. The molecule has 0 saturated heterocycles. The summed E-state index contributed by atoms with van der Waals surface area (Å²) in [5.74, 6) is 0.0285. The molecule has 3 nitrogen and oxygen atoms in total. The van der Waals surface area contributed by atoms with E-state index in [1.165, 1.54) is 5.56 Å². The van der Waals surface area contributed by atoms with Gasteiger partial charge in [0.15, 0.2) is 0 Å². The van der Waals surface area contributed by atoms with Crippen molar-refractivity contribution in [2.75, 3.05) is 11.9 Å². The Bertz CT molecular complexity index is 715. The van der Waals surface area contributed by atoms with Crippen molar-refractivity contribution in [1.29, 1.82) is 5.26 Å². The van der Waals surface area contributed by atoms with E-state index in [-0.39, 0.29) is 11.8 Å². The summed E-state index contributed by atoms with van der Waals surface area (Å²) < 4.78 is 0. The molecule has 2 aromatic carbocycles. The molecule has 0 saturated carbocycles. The monoisotopic (exact) mass is 262 g/mol. The molecule has 0 aliphatic heterocycles. The van der Waals surface area contributed by atoms with Crippen molar-refractivity contribution in [3.05, 3.63) is 65.2 Å². The van der Waals surface area contributed by atoms with E-state index in [0.29, 0.717) is 5.56 Å². The molecule has 0 bridgehead atoms. The van der Waals surface area contributed by atoms with E-state index in [2.05, 4.69) is 12.1 Å². The van der Waals surface area contributed by atoms with Crippen molar-refractivity contribution in [3.63, 3.8) is 0 Å². The van der Waals surface area contributed by atoms with E-state index in [9.17, 15) is 4.79 Å². The normalized spacial score (nSPS) is 15.7. The van der Waals surface area contributed by atoms with Gasteiger partial charge in [0, 0.05) is 12.7 Å². The van der Waals surface area contributed by atoms with Gasteiger partial charge in [-0.15, -0.1) is 0 Å². The molecule has 3 rings (SSSR count). The minimum absolute atomic E-state index is 0.0538. The largest absolute Gasteiger partial charge is 0.315 e. The van der Waals surface area contributed by atoms with Gasteiger partial charge in [0.1, 0.15) is 0 Å². The number of likely N-dealkylation sites (N-methyl/N-ethyl adjacent to an activating group) is 1. The Balaban J connectivity index is 1.83. The highest BCUT2D eigenvalue weighted by Gasteiger charge is 2.33. The van der Waals surface area contributed by atoms with Crippen LogP contribution in [0, 0.1) is 11.3 Å². The van der Waals surface area contributed by atoms with Crippen LogP contribution in [0.1, 0.15) is 22.6 Å². The topological polar surface area (TPSA) is 44.1 Å². The maximum atomic E-state index is 12.5. The molecule has 98 valence electrons. The van der Waals surface area contributed by atoms with Gasteiger partial charge in [0.25, 0.3) is 0 Å². The van der Waals surface area contributed by atoms with Crippen molar-refractivity contribution in [2.45, 2.75) is 12.3 Å². The van der Waals surface area contributed by atoms with Crippen LogP contribution < -0.4 is 4.90 Å². The third-order valence-electron chi connectivity index (χ3n) is 3.85. The second kappa shape index (κ2) is 4.82. The fraction of sp³-hybridized carbons (Fsp3) is 0.176. The molecule has 0 aromatic heterocycles. The molecule has 1 unspecified atom stereocenters. The number of hydrogen-bond donors (Lipinski definition) is 0. The third-order valence-corrected chi connectivity index (χ3v) is 3.85. The Morgan fingerprint density at radius 2 is 2.05 bits per heavy atom. The molecule has 0 radical (unpaired) electrons. The second-order valence-corrected chi connectivity index (χ2v) is 5.01. The summed E-state index contributed by atoms with van der Waals surface area (Å²) in [6, 6.07) is 17.3. The predicted molar refractivity (Wildman–Crippen MR) is 77.5 cm³/mol. The minimum atomic E-state index is -0.0538. The number of fused-ring (bicyclic) bond motifs is 1. The molecule has 0 N–H and O–H groups in total. The zero-order valence-corrected chi connectivity index (χ0v) is 11.2. The van der Waals surface area contributed by atoms with E-state index in [0.717, 1.165) is 17.7 Å². The van der Waals surface area contributed by atoms with Crippen LogP contribution in [0.15, 0.2) is 48.5 Å². The number of anilines is 1. The third kappa shape index (κ3) is 1.96. The van der Waals surface area contributed by atoms with Crippen molar-refractivity contribution in [1.82, 2.24) is 0 Å². The maximum absolute atomic E-state index is 12.5. The Labute approximate surface area is 118 Å². The van der Waals surface area contributed by atoms with Gasteiger partial charge in [-0.05, 0) is 35.7 Å². The summed E-state index contributed by atoms with van der Waals surface area (Å²) in [6.45, 7) is 0. The molecule has 3 heteroatoms. The highest BCUT2D eigenvalue weighted by atomic mass is 16.2. The first-order valence-electron chi connectivity index (χ1n) is 6.56. The van der Waals surface area contributed by atoms with Gasteiger partial charge in [0.05, 0.1) is 17.6 Å². The SMILES string of the molecule is CN(C(=O)C1Cc2ccccc21)c1cccc(C#N)c1. The van der Waals surface area contributed by atoms with Crippen LogP contribution in [-0.4, -0.2) is 13.0 Å². The van der Waals surface area contributed by atoms with Gasteiger partial charge < -0.3 is 4.90 Å². The average molecular weight is 262 g/mol. The first-order valence-corrected chi connectivity index (χ1v) is 6.56. The molecule has 0 spiro atoms. The number of hydrogen-bond acceptors (Lipinski definition) is 2. The van der Waals surface area contributed by atoms with Gasteiger partial charge in [-0.1, -0.05) is 30.3 Å². The average Bonchev–Trinajstić information content (AvgIpc) is 2.47. The number of amides is 1. The maximum Gasteiger partial charge on any atom is 0.234 e. The van der Waals surface area contributed by atoms with E-state index >= 15 is 0 Å². The van der Waals surface area contributed by atoms with Crippen LogP contribution in [0.2, 0.25) is 0 Å². The lowest BCUT2D eigenvalue weighted by molar-refractivity contribution is -0.120. The highest BCUT2D eigenvalue weighted by molar-refractivity contribution is 5.99. The lowest BCUT2D eigenvalue weighted by Gasteiger charge is -2.32. The van der Waals surface area contributed by atoms with Gasteiger partial charge in [-0.25, -0.2) is 0 Å². The zero-order valence-electron chi connectivity index (χ0n) is 11.2. The second-order valence-electron chi connectivity index (χ2n) is 5.01. The molecule has 0 heterocycles. The van der Waals surface area contributed by atoms with Crippen LogP contribution in [0.4, 0.5) is 5.69 Å². The summed E-state index contributed by atoms with van der Waals surface area (Å²) in [4.78, 5) is 14.2. The van der Waals surface area contributed by atoms with Gasteiger partial charge in [0.2, 0.25) is 5.91 Å². The van der Waals surface area contributed by atoms with E-state index in [4.69, 9.17) is 5.26 Å². The van der Waals surface area contributed by atoms with Crippen molar-refractivity contribution < 1.29 is 4.79 Å². The summed E-state index contributed by atoms with van der Waals surface area (Å²) in [7, 11) is 1.76. The van der Waals surface area contributed by atoms with E-state index in [1.54, 1.807) is 30.1 Å². The molecular formula is C17H14N2O. The first-order chi connectivity index (χ1) is 9.70. The Morgan fingerprint density at radius 3 is 2.80 bits per heavy atom. The summed E-state index contributed by atoms with van der Waals surface area (Å²) in [5, 5.41) is 8.93. The van der Waals surface area contributed by atoms with Crippen molar-refractivity contribution >= 4 is 11.6 Å². The van der Waals surface area contributed by atoms with Crippen LogP contribution in [0.25, 0.3) is 0 Å². The molecule has 1 amide bonds. The standard InChI is InChI=1S/C17H14N2O/c1-19(14-7-4-5-12(9-14)11-18)17(20)16-10-13-6-2-3-8-15(13)16/h2-9,16H,10H2,1H3. The van der Waals surface area contributed by atoms with Crippen molar-refractivity contribution in [3.8, 4) is 6.07 Å². The number of nitriles is 1. The van der Waals surface area contributed by atoms with Gasteiger partial charge >= 0.3 is 0 Å². The molecule has 0 fully saturated rings. The smallest absolute Gasteiger partial charge is 0.234 e. The lowest BCUT2D eigenvalue weighted by atomic mass is 9.77. The molecule has 20 heavy (non-hydrogen) atoms. The van der Waals surface area contributed by atoms with Crippen LogP contribution in [0.3, 0.4) is 0 Å². The van der Waals surface area contributed by atoms with Crippen LogP contribution in [-0.2, 0) is 11.2 Å². The minimum Gasteiger partial charge on any atom is -0.315 e. The fourth-order valence-electron chi connectivity index (χ4n) is 2.62. The van der Waals surface area contributed by atoms with Crippen LogP contribution in [0.5, 0.6) is 0 Å². The fourth-order valence-corrected chi connectivity index (χ4v) is 2.62. The molecule has 1 atom stereocenters. The van der Waals surface area contributed by atoms with Gasteiger partial charge in [-0.2, -0.15) is 5.26 Å². The van der Waals surface area contributed by atoms with Crippen molar-refractivity contribution in [2.24, 2.45) is 0 Å². The zero-order chi connectivity index (χ0) is 14.1. The molecule has 2 aromatic rings. The molecular weight excluding hydrogens is 248 g/mol. The number of nitrogens with zero attached hydrogens (tertiary/aromatic N) is 2. The quantitative estimate of drug-likeness (QED) is 0.835. The van der Waals surface area contributed by atoms with Gasteiger partial charge in [-0.3, -0.25) is 4.79 Å². The summed E-state index contributed by atoms with van der Waals surface area (Å²) in [6.07, 6.45) is 0.803. The summed E-state index contributed by atoms with van der Waals surface area (Å²) >= 11 is 0. The number of rotatable bonds is 2. The Morgan fingerprint density at radius 1 is 1.25 bits per heavy atom. The Hall–Kier alpha value is -2.60.